The Morgan fingerprint density at radius 2 is 2.05 bits per heavy atom. The lowest BCUT2D eigenvalue weighted by atomic mass is 10.1. The van der Waals surface area contributed by atoms with Crippen molar-refractivity contribution in [1.29, 1.82) is 0 Å². The van der Waals surface area contributed by atoms with E-state index in [1.54, 1.807) is 13.2 Å². The normalized spacial score (nSPS) is 9.84. The standard InChI is InChI=1S/C14H20N2O3/c1-4-14(18)15-8-7-11-9-12(16-10(2)17)5-6-13(11)19-3/h5-6,9H,4,7-8H2,1-3H3,(H,15,18)(H,16,17). The Morgan fingerprint density at radius 1 is 1.32 bits per heavy atom. The van der Waals surface area contributed by atoms with Crippen LogP contribution in [-0.4, -0.2) is 25.5 Å². The molecule has 0 atom stereocenters. The molecule has 2 N–H and O–H groups in total. The van der Waals surface area contributed by atoms with Crippen molar-refractivity contribution in [1.82, 2.24) is 5.32 Å². The number of carbonyl (C=O) groups excluding carboxylic acids is 2. The predicted molar refractivity (Wildman–Crippen MR) is 74.3 cm³/mol. The fourth-order valence-corrected chi connectivity index (χ4v) is 1.72. The summed E-state index contributed by atoms with van der Waals surface area (Å²) in [4.78, 5) is 22.2. The van der Waals surface area contributed by atoms with Crippen LogP contribution in [0.25, 0.3) is 0 Å². The van der Waals surface area contributed by atoms with Crippen molar-refractivity contribution in [2.24, 2.45) is 0 Å². The number of hydrogen-bond acceptors (Lipinski definition) is 3. The zero-order valence-corrected chi connectivity index (χ0v) is 11.6. The zero-order chi connectivity index (χ0) is 14.3. The van der Waals surface area contributed by atoms with E-state index in [-0.39, 0.29) is 11.8 Å². The first-order valence-corrected chi connectivity index (χ1v) is 6.28. The van der Waals surface area contributed by atoms with Gasteiger partial charge < -0.3 is 15.4 Å². The molecule has 5 nitrogen and oxygen atoms in total. The van der Waals surface area contributed by atoms with Crippen molar-refractivity contribution >= 4 is 17.5 Å². The first-order chi connectivity index (χ1) is 9.06. The van der Waals surface area contributed by atoms with Crippen LogP contribution in [0.5, 0.6) is 5.75 Å². The molecule has 0 saturated heterocycles. The summed E-state index contributed by atoms with van der Waals surface area (Å²) in [5.74, 6) is 0.659. The maximum absolute atomic E-state index is 11.2. The first kappa shape index (κ1) is 15.0. The third-order valence-corrected chi connectivity index (χ3v) is 2.64. The molecule has 0 heterocycles. The number of anilines is 1. The van der Waals surface area contributed by atoms with E-state index in [9.17, 15) is 9.59 Å². The molecular formula is C14H20N2O3. The quantitative estimate of drug-likeness (QED) is 0.822. The molecule has 1 aromatic rings. The van der Waals surface area contributed by atoms with E-state index in [0.717, 1.165) is 17.0 Å². The van der Waals surface area contributed by atoms with Gasteiger partial charge in [0.1, 0.15) is 5.75 Å². The van der Waals surface area contributed by atoms with Crippen molar-refractivity contribution in [3.63, 3.8) is 0 Å². The fourth-order valence-electron chi connectivity index (χ4n) is 1.72. The minimum Gasteiger partial charge on any atom is -0.496 e. The van der Waals surface area contributed by atoms with Gasteiger partial charge in [-0.3, -0.25) is 9.59 Å². The second-order valence-electron chi connectivity index (χ2n) is 4.16. The zero-order valence-electron chi connectivity index (χ0n) is 11.6. The number of ether oxygens (including phenoxy) is 1. The van der Waals surface area contributed by atoms with E-state index in [1.165, 1.54) is 6.92 Å². The fraction of sp³-hybridized carbons (Fsp3) is 0.429. The van der Waals surface area contributed by atoms with Gasteiger partial charge in [-0.05, 0) is 30.2 Å². The molecule has 0 saturated carbocycles. The maximum Gasteiger partial charge on any atom is 0.221 e. The van der Waals surface area contributed by atoms with Crippen LogP contribution in [-0.2, 0) is 16.0 Å². The molecule has 0 bridgehead atoms. The van der Waals surface area contributed by atoms with Gasteiger partial charge in [-0.25, -0.2) is 0 Å². The Hall–Kier alpha value is -2.04. The number of carbonyl (C=O) groups is 2. The van der Waals surface area contributed by atoms with Gasteiger partial charge in [-0.2, -0.15) is 0 Å². The summed E-state index contributed by atoms with van der Waals surface area (Å²) in [7, 11) is 1.60. The Kier molecular flexibility index (Phi) is 5.85. The molecule has 0 fully saturated rings. The highest BCUT2D eigenvalue weighted by atomic mass is 16.5. The monoisotopic (exact) mass is 264 g/mol. The number of benzene rings is 1. The van der Waals surface area contributed by atoms with Crippen molar-refractivity contribution < 1.29 is 14.3 Å². The van der Waals surface area contributed by atoms with Crippen LogP contribution in [0.15, 0.2) is 18.2 Å². The summed E-state index contributed by atoms with van der Waals surface area (Å²) >= 11 is 0. The van der Waals surface area contributed by atoms with Gasteiger partial charge in [-0.15, -0.1) is 0 Å². The number of methoxy groups -OCH3 is 1. The molecule has 0 aliphatic heterocycles. The van der Waals surface area contributed by atoms with Gasteiger partial charge in [0.25, 0.3) is 0 Å². The number of amides is 2. The molecule has 1 aromatic carbocycles. The topological polar surface area (TPSA) is 67.4 Å². The molecule has 1 rings (SSSR count). The predicted octanol–water partition coefficient (Wildman–Crippen LogP) is 1.72. The van der Waals surface area contributed by atoms with Crippen molar-refractivity contribution in [2.45, 2.75) is 26.7 Å². The summed E-state index contributed by atoms with van der Waals surface area (Å²) in [6.07, 6.45) is 1.13. The van der Waals surface area contributed by atoms with Gasteiger partial charge in [0.2, 0.25) is 11.8 Å². The molecule has 0 aromatic heterocycles. The Balaban J connectivity index is 2.72. The highest BCUT2D eigenvalue weighted by Crippen LogP contribution is 2.22. The van der Waals surface area contributed by atoms with E-state index >= 15 is 0 Å². The van der Waals surface area contributed by atoms with E-state index in [1.807, 2.05) is 19.1 Å². The van der Waals surface area contributed by atoms with E-state index < -0.39 is 0 Å². The molecular weight excluding hydrogens is 244 g/mol. The van der Waals surface area contributed by atoms with Gasteiger partial charge in [-0.1, -0.05) is 6.92 Å². The molecule has 104 valence electrons. The van der Waals surface area contributed by atoms with E-state index in [4.69, 9.17) is 4.74 Å². The smallest absolute Gasteiger partial charge is 0.221 e. The molecule has 0 aliphatic rings. The second kappa shape index (κ2) is 7.41. The number of rotatable bonds is 6. The van der Waals surface area contributed by atoms with Crippen molar-refractivity contribution in [3.8, 4) is 5.75 Å². The van der Waals surface area contributed by atoms with Gasteiger partial charge in [0.15, 0.2) is 0 Å². The summed E-state index contributed by atoms with van der Waals surface area (Å²) < 4.78 is 5.26. The molecule has 2 amide bonds. The Bertz CT molecular complexity index is 458. The Morgan fingerprint density at radius 3 is 2.63 bits per heavy atom. The van der Waals surface area contributed by atoms with Crippen LogP contribution in [0.2, 0.25) is 0 Å². The van der Waals surface area contributed by atoms with Crippen LogP contribution in [0.1, 0.15) is 25.8 Å². The minimum absolute atomic E-state index is 0.0250. The SMILES string of the molecule is CCC(=O)NCCc1cc(NC(C)=O)ccc1OC. The highest BCUT2D eigenvalue weighted by molar-refractivity contribution is 5.88. The van der Waals surface area contributed by atoms with Crippen LogP contribution < -0.4 is 15.4 Å². The van der Waals surface area contributed by atoms with Gasteiger partial charge >= 0.3 is 0 Å². The second-order valence-corrected chi connectivity index (χ2v) is 4.16. The van der Waals surface area contributed by atoms with E-state index in [0.29, 0.717) is 19.4 Å². The van der Waals surface area contributed by atoms with Crippen LogP contribution >= 0.6 is 0 Å². The minimum atomic E-state index is -0.115. The molecule has 5 heteroatoms. The molecule has 0 unspecified atom stereocenters. The first-order valence-electron chi connectivity index (χ1n) is 6.28. The van der Waals surface area contributed by atoms with Gasteiger partial charge in [0, 0.05) is 25.6 Å². The molecule has 0 spiro atoms. The summed E-state index contributed by atoms with van der Waals surface area (Å²) in [5, 5.41) is 5.54. The van der Waals surface area contributed by atoms with E-state index in [2.05, 4.69) is 10.6 Å². The molecule has 0 aliphatic carbocycles. The van der Waals surface area contributed by atoms with Crippen LogP contribution in [0.4, 0.5) is 5.69 Å². The third kappa shape index (κ3) is 4.99. The lowest BCUT2D eigenvalue weighted by molar-refractivity contribution is -0.120. The third-order valence-electron chi connectivity index (χ3n) is 2.64. The summed E-state index contributed by atoms with van der Waals surface area (Å²) in [5.41, 5.74) is 1.68. The van der Waals surface area contributed by atoms with Crippen LogP contribution in [0.3, 0.4) is 0 Å². The van der Waals surface area contributed by atoms with Crippen molar-refractivity contribution in [2.75, 3.05) is 19.0 Å². The molecule has 0 radical (unpaired) electrons. The highest BCUT2D eigenvalue weighted by Gasteiger charge is 2.06. The summed E-state index contributed by atoms with van der Waals surface area (Å²) in [6, 6.07) is 5.45. The maximum atomic E-state index is 11.2. The van der Waals surface area contributed by atoms with Crippen LogP contribution in [0, 0.1) is 0 Å². The average molecular weight is 264 g/mol. The Labute approximate surface area is 113 Å². The lowest BCUT2D eigenvalue weighted by Gasteiger charge is -2.11. The van der Waals surface area contributed by atoms with Gasteiger partial charge in [0.05, 0.1) is 7.11 Å². The molecule has 19 heavy (non-hydrogen) atoms. The largest absolute Gasteiger partial charge is 0.496 e. The lowest BCUT2D eigenvalue weighted by Crippen LogP contribution is -2.24. The number of hydrogen-bond donors (Lipinski definition) is 2. The number of nitrogens with one attached hydrogen (secondary N) is 2. The summed E-state index contributed by atoms with van der Waals surface area (Å²) in [6.45, 7) is 3.82. The average Bonchev–Trinajstić information content (AvgIpc) is 2.38. The van der Waals surface area contributed by atoms with Crippen molar-refractivity contribution in [3.05, 3.63) is 23.8 Å².